The van der Waals surface area contributed by atoms with Crippen LogP contribution in [0.25, 0.3) is 11.3 Å². The first-order valence-corrected chi connectivity index (χ1v) is 12.1. The van der Waals surface area contributed by atoms with Crippen molar-refractivity contribution in [3.8, 4) is 11.3 Å². The van der Waals surface area contributed by atoms with Crippen molar-refractivity contribution in [1.82, 2.24) is 25.1 Å². The summed E-state index contributed by atoms with van der Waals surface area (Å²) in [6.07, 6.45) is 5.56. The first kappa shape index (κ1) is 22.5. The third-order valence-corrected chi connectivity index (χ3v) is 6.71. The van der Waals surface area contributed by atoms with Crippen molar-refractivity contribution in [3.05, 3.63) is 69.9 Å². The van der Waals surface area contributed by atoms with Crippen molar-refractivity contribution in [2.75, 3.05) is 24.5 Å². The van der Waals surface area contributed by atoms with Crippen LogP contribution in [0.4, 0.5) is 5.82 Å². The number of halogens is 1. The van der Waals surface area contributed by atoms with Gasteiger partial charge in [0.1, 0.15) is 0 Å². The highest BCUT2D eigenvalue weighted by Crippen LogP contribution is 2.38. The molecule has 3 heterocycles. The SMILES string of the molecule is O=C(NCCn1cnc(C2CC2)cc1=O)C1CCCN(c2ccc(-c3ccc(Cl)cc3)nn2)C1. The van der Waals surface area contributed by atoms with Crippen LogP contribution >= 0.6 is 11.6 Å². The number of anilines is 1. The molecule has 1 aliphatic carbocycles. The van der Waals surface area contributed by atoms with Gasteiger partial charge in [0, 0.05) is 48.7 Å². The standard InChI is InChI=1S/C25H27ClN6O2/c26-20-7-5-17(6-8-20)21-9-10-23(30-29-21)31-12-1-2-19(15-31)25(34)27-11-13-32-16-28-22(14-24(32)33)18-3-4-18/h5-10,14,16,18-19H,1-4,11-13,15H2,(H,27,34). The maximum Gasteiger partial charge on any atom is 0.253 e. The summed E-state index contributed by atoms with van der Waals surface area (Å²) >= 11 is 5.96. The fourth-order valence-corrected chi connectivity index (χ4v) is 4.45. The second-order valence-electron chi connectivity index (χ2n) is 8.98. The van der Waals surface area contributed by atoms with Gasteiger partial charge in [-0.15, -0.1) is 10.2 Å². The molecule has 1 amide bonds. The van der Waals surface area contributed by atoms with Gasteiger partial charge in [-0.3, -0.25) is 14.2 Å². The second-order valence-corrected chi connectivity index (χ2v) is 9.42. The molecule has 9 heteroatoms. The van der Waals surface area contributed by atoms with Gasteiger partial charge in [0.15, 0.2) is 5.82 Å². The molecule has 1 unspecified atom stereocenters. The van der Waals surface area contributed by atoms with Crippen LogP contribution in [0, 0.1) is 5.92 Å². The smallest absolute Gasteiger partial charge is 0.253 e. The number of aromatic nitrogens is 4. The number of carbonyl (C=O) groups is 1. The van der Waals surface area contributed by atoms with Crippen molar-refractivity contribution < 1.29 is 4.79 Å². The molecule has 3 aromatic rings. The lowest BCUT2D eigenvalue weighted by atomic mass is 9.97. The van der Waals surface area contributed by atoms with Crippen molar-refractivity contribution in [3.63, 3.8) is 0 Å². The van der Waals surface area contributed by atoms with E-state index in [-0.39, 0.29) is 17.4 Å². The van der Waals surface area contributed by atoms with Gasteiger partial charge in [0.25, 0.3) is 5.56 Å². The Morgan fingerprint density at radius 3 is 2.62 bits per heavy atom. The van der Waals surface area contributed by atoms with Crippen molar-refractivity contribution >= 4 is 23.3 Å². The maximum atomic E-state index is 12.8. The molecule has 0 bridgehead atoms. The number of carbonyl (C=O) groups excluding carboxylic acids is 1. The Bertz CT molecular complexity index is 1210. The zero-order valence-electron chi connectivity index (χ0n) is 18.9. The fourth-order valence-electron chi connectivity index (χ4n) is 4.32. The second kappa shape index (κ2) is 9.93. The number of rotatable bonds is 7. The molecule has 176 valence electrons. The Kier molecular flexibility index (Phi) is 6.58. The molecule has 1 aliphatic heterocycles. The summed E-state index contributed by atoms with van der Waals surface area (Å²) in [5, 5.41) is 12.4. The van der Waals surface area contributed by atoms with Crippen LogP contribution in [-0.2, 0) is 11.3 Å². The molecule has 0 spiro atoms. The summed E-state index contributed by atoms with van der Waals surface area (Å²) in [7, 11) is 0. The van der Waals surface area contributed by atoms with Gasteiger partial charge < -0.3 is 10.2 Å². The molecule has 1 saturated carbocycles. The number of hydrogen-bond acceptors (Lipinski definition) is 6. The molecule has 34 heavy (non-hydrogen) atoms. The molecule has 1 N–H and O–H groups in total. The van der Waals surface area contributed by atoms with Gasteiger partial charge in [-0.2, -0.15) is 0 Å². The first-order chi connectivity index (χ1) is 16.6. The van der Waals surface area contributed by atoms with Gasteiger partial charge in [-0.1, -0.05) is 23.7 Å². The lowest BCUT2D eigenvalue weighted by Crippen LogP contribution is -2.44. The third-order valence-electron chi connectivity index (χ3n) is 6.45. The van der Waals surface area contributed by atoms with Crippen molar-refractivity contribution in [2.45, 2.75) is 38.1 Å². The van der Waals surface area contributed by atoms with Gasteiger partial charge in [-0.25, -0.2) is 4.98 Å². The van der Waals surface area contributed by atoms with Crippen LogP contribution in [0.15, 0.2) is 53.6 Å². The molecule has 1 aromatic carbocycles. The Balaban J connectivity index is 1.14. The minimum absolute atomic E-state index is 0.00560. The predicted octanol–water partition coefficient (Wildman–Crippen LogP) is 3.26. The summed E-state index contributed by atoms with van der Waals surface area (Å²) in [5.41, 5.74) is 2.56. The van der Waals surface area contributed by atoms with Gasteiger partial charge in [0.2, 0.25) is 5.91 Å². The summed E-state index contributed by atoms with van der Waals surface area (Å²) in [4.78, 5) is 31.5. The monoisotopic (exact) mass is 478 g/mol. The van der Waals surface area contributed by atoms with Crippen LogP contribution in [0.5, 0.6) is 0 Å². The van der Waals surface area contributed by atoms with E-state index in [0.717, 1.165) is 55.0 Å². The molecule has 0 radical (unpaired) electrons. The van der Waals surface area contributed by atoms with Crippen molar-refractivity contribution in [2.24, 2.45) is 5.92 Å². The number of piperidine rings is 1. The molecular formula is C25H27ClN6O2. The van der Waals surface area contributed by atoms with E-state index in [4.69, 9.17) is 11.6 Å². The lowest BCUT2D eigenvalue weighted by molar-refractivity contribution is -0.125. The zero-order chi connectivity index (χ0) is 23.5. The largest absolute Gasteiger partial charge is 0.354 e. The Morgan fingerprint density at radius 2 is 1.91 bits per heavy atom. The van der Waals surface area contributed by atoms with Crippen LogP contribution in [0.3, 0.4) is 0 Å². The lowest BCUT2D eigenvalue weighted by Gasteiger charge is -2.32. The highest BCUT2D eigenvalue weighted by Gasteiger charge is 2.27. The Labute approximate surface area is 203 Å². The minimum atomic E-state index is -0.126. The highest BCUT2D eigenvalue weighted by molar-refractivity contribution is 6.30. The highest BCUT2D eigenvalue weighted by atomic mass is 35.5. The molecule has 1 saturated heterocycles. The van der Waals surface area contributed by atoms with Crippen LogP contribution in [0.1, 0.15) is 37.3 Å². The van der Waals surface area contributed by atoms with Gasteiger partial charge in [0.05, 0.1) is 23.6 Å². The molecule has 2 aromatic heterocycles. The van der Waals surface area contributed by atoms with Crippen LogP contribution in [-0.4, -0.2) is 45.3 Å². The number of benzene rings is 1. The summed E-state index contributed by atoms with van der Waals surface area (Å²) < 4.78 is 1.55. The van der Waals surface area contributed by atoms with E-state index in [0.29, 0.717) is 30.6 Å². The summed E-state index contributed by atoms with van der Waals surface area (Å²) in [6.45, 7) is 2.25. The zero-order valence-corrected chi connectivity index (χ0v) is 19.6. The average Bonchev–Trinajstić information content (AvgIpc) is 3.71. The summed E-state index contributed by atoms with van der Waals surface area (Å²) in [5.74, 6) is 1.10. The Morgan fingerprint density at radius 1 is 1.09 bits per heavy atom. The fraction of sp³-hybridized carbons (Fsp3) is 0.400. The van der Waals surface area contributed by atoms with E-state index in [9.17, 15) is 9.59 Å². The van der Waals surface area contributed by atoms with Gasteiger partial charge in [-0.05, 0) is 49.9 Å². The predicted molar refractivity (Wildman–Crippen MR) is 131 cm³/mol. The molecule has 8 nitrogen and oxygen atoms in total. The Hall–Kier alpha value is -3.26. The molecule has 5 rings (SSSR count). The van der Waals surface area contributed by atoms with Gasteiger partial charge >= 0.3 is 0 Å². The number of amides is 1. The number of nitrogens with zero attached hydrogens (tertiary/aromatic N) is 5. The average molecular weight is 479 g/mol. The van der Waals surface area contributed by atoms with E-state index in [2.05, 4.69) is 25.4 Å². The minimum Gasteiger partial charge on any atom is -0.354 e. The number of nitrogens with one attached hydrogen (secondary N) is 1. The van der Waals surface area contributed by atoms with E-state index in [1.807, 2.05) is 36.4 Å². The molecular weight excluding hydrogens is 452 g/mol. The quantitative estimate of drug-likeness (QED) is 0.560. The van der Waals surface area contributed by atoms with Crippen molar-refractivity contribution in [1.29, 1.82) is 0 Å². The topological polar surface area (TPSA) is 93.0 Å². The van der Waals surface area contributed by atoms with Crippen LogP contribution < -0.4 is 15.8 Å². The van der Waals surface area contributed by atoms with E-state index in [1.54, 1.807) is 17.0 Å². The van der Waals surface area contributed by atoms with E-state index >= 15 is 0 Å². The van der Waals surface area contributed by atoms with E-state index in [1.165, 1.54) is 0 Å². The molecule has 2 fully saturated rings. The van der Waals surface area contributed by atoms with Crippen LogP contribution in [0.2, 0.25) is 5.02 Å². The normalized spacial score (nSPS) is 18.0. The summed E-state index contributed by atoms with van der Waals surface area (Å²) in [6, 6.07) is 13.0. The number of hydrogen-bond donors (Lipinski definition) is 1. The maximum absolute atomic E-state index is 12.8. The van der Waals surface area contributed by atoms with E-state index < -0.39 is 0 Å². The molecule has 2 aliphatic rings. The first-order valence-electron chi connectivity index (χ1n) is 11.8. The molecule has 1 atom stereocenters. The third kappa shape index (κ3) is 5.28.